The summed E-state index contributed by atoms with van der Waals surface area (Å²) >= 11 is 0. The quantitative estimate of drug-likeness (QED) is 0.935. The summed E-state index contributed by atoms with van der Waals surface area (Å²) in [6.07, 6.45) is 0.511. The van der Waals surface area contributed by atoms with Crippen molar-refractivity contribution in [2.75, 3.05) is 6.61 Å². The first kappa shape index (κ1) is 13.9. The molecule has 1 aliphatic rings. The molecule has 4 heteroatoms. The zero-order valence-electron chi connectivity index (χ0n) is 11.9. The molecule has 0 bridgehead atoms. The van der Waals surface area contributed by atoms with Crippen molar-refractivity contribution < 1.29 is 13.9 Å². The first-order chi connectivity index (χ1) is 10.2. The summed E-state index contributed by atoms with van der Waals surface area (Å²) < 4.78 is 24.7. The molecule has 2 aromatic rings. The van der Waals surface area contributed by atoms with Crippen LogP contribution in [0.1, 0.15) is 36.6 Å². The van der Waals surface area contributed by atoms with E-state index in [0.29, 0.717) is 18.8 Å². The highest BCUT2D eigenvalue weighted by atomic mass is 19.1. The maximum atomic E-state index is 13.4. The first-order valence-corrected chi connectivity index (χ1v) is 7.12. The molecule has 2 aromatic carbocycles. The van der Waals surface area contributed by atoms with Gasteiger partial charge in [-0.3, -0.25) is 0 Å². The minimum atomic E-state index is -0.312. The van der Waals surface area contributed by atoms with Crippen molar-refractivity contribution in [3.05, 3.63) is 59.4 Å². The van der Waals surface area contributed by atoms with Gasteiger partial charge in [0.15, 0.2) is 0 Å². The van der Waals surface area contributed by atoms with Gasteiger partial charge >= 0.3 is 0 Å². The number of hydrogen-bond donors (Lipinski definition) is 1. The van der Waals surface area contributed by atoms with Gasteiger partial charge in [-0.1, -0.05) is 18.2 Å². The Balaban J connectivity index is 1.84. The Morgan fingerprint density at radius 1 is 1.24 bits per heavy atom. The molecule has 1 unspecified atom stereocenters. The maximum Gasteiger partial charge on any atom is 0.127 e. The number of rotatable bonds is 3. The van der Waals surface area contributed by atoms with Crippen LogP contribution in [0.15, 0.2) is 42.5 Å². The Morgan fingerprint density at radius 2 is 2.00 bits per heavy atom. The largest absolute Gasteiger partial charge is 0.494 e. The van der Waals surface area contributed by atoms with Crippen LogP contribution < -0.4 is 15.2 Å². The molecule has 0 radical (unpaired) electrons. The SMILES string of the molecule is CCOc1ccc(C2C[C@@H](N)c3ccc(F)cc3O2)cc1. The van der Waals surface area contributed by atoms with Crippen LogP contribution in [0.5, 0.6) is 11.5 Å². The van der Waals surface area contributed by atoms with Gasteiger partial charge in [0, 0.05) is 24.1 Å². The van der Waals surface area contributed by atoms with E-state index in [1.807, 2.05) is 31.2 Å². The fraction of sp³-hybridized carbons (Fsp3) is 0.294. The first-order valence-electron chi connectivity index (χ1n) is 7.12. The lowest BCUT2D eigenvalue weighted by molar-refractivity contribution is 0.160. The Kier molecular flexibility index (Phi) is 3.80. The third-order valence-electron chi connectivity index (χ3n) is 3.68. The van der Waals surface area contributed by atoms with E-state index >= 15 is 0 Å². The second-order valence-corrected chi connectivity index (χ2v) is 5.13. The molecule has 0 aliphatic carbocycles. The standard InChI is InChI=1S/C17H18FNO2/c1-2-20-13-6-3-11(4-7-13)16-10-15(19)14-8-5-12(18)9-17(14)21-16/h3-9,15-16H,2,10,19H2,1H3/t15-,16?/m1/s1. The summed E-state index contributed by atoms with van der Waals surface area (Å²) in [5.41, 5.74) is 8.05. The zero-order valence-corrected chi connectivity index (χ0v) is 11.9. The average Bonchev–Trinajstić information content (AvgIpc) is 2.48. The zero-order chi connectivity index (χ0) is 14.8. The minimum Gasteiger partial charge on any atom is -0.494 e. The maximum absolute atomic E-state index is 13.4. The molecule has 110 valence electrons. The highest BCUT2D eigenvalue weighted by Crippen LogP contribution is 2.40. The monoisotopic (exact) mass is 287 g/mol. The molecular weight excluding hydrogens is 269 g/mol. The summed E-state index contributed by atoms with van der Waals surface area (Å²) in [6.45, 7) is 2.58. The molecule has 0 fully saturated rings. The Bertz CT molecular complexity index is 627. The molecule has 0 aromatic heterocycles. The summed E-state index contributed by atoms with van der Waals surface area (Å²) in [5.74, 6) is 1.05. The van der Waals surface area contributed by atoms with E-state index in [0.717, 1.165) is 16.9 Å². The molecule has 0 amide bonds. The van der Waals surface area contributed by atoms with Gasteiger partial charge in [0.05, 0.1) is 6.61 Å². The van der Waals surface area contributed by atoms with Crippen LogP contribution >= 0.6 is 0 Å². The highest BCUT2D eigenvalue weighted by molar-refractivity contribution is 5.40. The number of benzene rings is 2. The molecule has 0 saturated carbocycles. The smallest absolute Gasteiger partial charge is 0.127 e. The van der Waals surface area contributed by atoms with Gasteiger partial charge in [0.2, 0.25) is 0 Å². The molecule has 1 aliphatic heterocycles. The summed E-state index contributed by atoms with van der Waals surface area (Å²) in [4.78, 5) is 0. The van der Waals surface area contributed by atoms with E-state index in [1.54, 1.807) is 6.07 Å². The highest BCUT2D eigenvalue weighted by Gasteiger charge is 2.27. The van der Waals surface area contributed by atoms with Gasteiger partial charge < -0.3 is 15.2 Å². The second-order valence-electron chi connectivity index (χ2n) is 5.13. The van der Waals surface area contributed by atoms with E-state index in [4.69, 9.17) is 15.2 Å². The van der Waals surface area contributed by atoms with Gasteiger partial charge in [-0.15, -0.1) is 0 Å². The minimum absolute atomic E-state index is 0.147. The van der Waals surface area contributed by atoms with Gasteiger partial charge in [0.1, 0.15) is 23.4 Å². The Hall–Kier alpha value is -2.07. The predicted octanol–water partition coefficient (Wildman–Crippen LogP) is 3.75. The molecule has 2 N–H and O–H groups in total. The van der Waals surface area contributed by atoms with Crippen molar-refractivity contribution in [2.45, 2.75) is 25.5 Å². The van der Waals surface area contributed by atoms with Crippen LogP contribution in [0.2, 0.25) is 0 Å². The normalized spacial score (nSPS) is 20.5. The molecule has 0 saturated heterocycles. The third kappa shape index (κ3) is 2.85. The molecule has 2 atom stereocenters. The van der Waals surface area contributed by atoms with E-state index in [-0.39, 0.29) is 18.0 Å². The van der Waals surface area contributed by atoms with E-state index in [1.165, 1.54) is 12.1 Å². The lowest BCUT2D eigenvalue weighted by atomic mass is 9.93. The van der Waals surface area contributed by atoms with E-state index in [2.05, 4.69) is 0 Å². The number of ether oxygens (including phenoxy) is 2. The van der Waals surface area contributed by atoms with Gasteiger partial charge in [-0.2, -0.15) is 0 Å². The van der Waals surface area contributed by atoms with E-state index < -0.39 is 0 Å². The van der Waals surface area contributed by atoms with Crippen molar-refractivity contribution in [1.82, 2.24) is 0 Å². The van der Waals surface area contributed by atoms with Crippen LogP contribution in [0.3, 0.4) is 0 Å². The lowest BCUT2D eigenvalue weighted by Gasteiger charge is -2.30. The fourth-order valence-corrected chi connectivity index (χ4v) is 2.63. The molecule has 21 heavy (non-hydrogen) atoms. The summed E-state index contributed by atoms with van der Waals surface area (Å²) in [7, 11) is 0. The van der Waals surface area contributed by atoms with Gasteiger partial charge in [-0.25, -0.2) is 4.39 Å². The van der Waals surface area contributed by atoms with Crippen molar-refractivity contribution in [3.8, 4) is 11.5 Å². The third-order valence-corrected chi connectivity index (χ3v) is 3.68. The van der Waals surface area contributed by atoms with Crippen molar-refractivity contribution in [3.63, 3.8) is 0 Å². The average molecular weight is 287 g/mol. The number of hydrogen-bond acceptors (Lipinski definition) is 3. The van der Waals surface area contributed by atoms with Crippen molar-refractivity contribution >= 4 is 0 Å². The molecule has 3 rings (SSSR count). The Labute approximate surface area is 123 Å². The van der Waals surface area contributed by atoms with Crippen LogP contribution in [-0.2, 0) is 0 Å². The summed E-state index contributed by atoms with van der Waals surface area (Å²) in [6, 6.07) is 12.1. The van der Waals surface area contributed by atoms with E-state index in [9.17, 15) is 4.39 Å². The lowest BCUT2D eigenvalue weighted by Crippen LogP contribution is -2.24. The Morgan fingerprint density at radius 3 is 2.71 bits per heavy atom. The molecule has 3 nitrogen and oxygen atoms in total. The fourth-order valence-electron chi connectivity index (χ4n) is 2.63. The number of fused-ring (bicyclic) bond motifs is 1. The summed E-state index contributed by atoms with van der Waals surface area (Å²) in [5, 5.41) is 0. The van der Waals surface area contributed by atoms with Gasteiger partial charge in [0.25, 0.3) is 0 Å². The van der Waals surface area contributed by atoms with Crippen LogP contribution in [-0.4, -0.2) is 6.61 Å². The second kappa shape index (κ2) is 5.74. The predicted molar refractivity (Wildman–Crippen MR) is 78.9 cm³/mol. The van der Waals surface area contributed by atoms with Gasteiger partial charge in [-0.05, 0) is 30.7 Å². The van der Waals surface area contributed by atoms with Crippen molar-refractivity contribution in [2.24, 2.45) is 5.73 Å². The van der Waals surface area contributed by atoms with Crippen LogP contribution in [0, 0.1) is 5.82 Å². The van der Waals surface area contributed by atoms with Crippen LogP contribution in [0.25, 0.3) is 0 Å². The van der Waals surface area contributed by atoms with Crippen molar-refractivity contribution in [1.29, 1.82) is 0 Å². The molecule has 1 heterocycles. The van der Waals surface area contributed by atoms with Crippen LogP contribution in [0.4, 0.5) is 4.39 Å². The number of nitrogens with two attached hydrogens (primary N) is 1. The molecule has 0 spiro atoms. The topological polar surface area (TPSA) is 44.5 Å². The number of halogens is 1. The molecular formula is C17H18FNO2.